The maximum atomic E-state index is 10.9. The van der Waals surface area contributed by atoms with Gasteiger partial charge < -0.3 is 5.11 Å². The van der Waals surface area contributed by atoms with Crippen LogP contribution in [0.3, 0.4) is 0 Å². The normalized spacial score (nSPS) is 22.2. The van der Waals surface area contributed by atoms with E-state index in [1.165, 1.54) is 11.3 Å². The van der Waals surface area contributed by atoms with Crippen LogP contribution in [0.2, 0.25) is 4.47 Å². The topological polar surface area (TPSA) is 53.4 Å². The Hall–Kier alpha value is -0.650. The van der Waals surface area contributed by atoms with E-state index in [1.807, 2.05) is 0 Å². The lowest BCUT2D eigenvalue weighted by Crippen LogP contribution is -2.37. The summed E-state index contributed by atoms with van der Waals surface area (Å²) in [6.45, 7) is 2.35. The smallest absolute Gasteiger partial charge is 0.307 e. The summed E-state index contributed by atoms with van der Waals surface area (Å²) in [5.41, 5.74) is 0. The number of nitrogens with zero attached hydrogens (tertiary/aromatic N) is 2. The van der Waals surface area contributed by atoms with E-state index >= 15 is 0 Å². The number of aliphatic carboxylic acids is 1. The summed E-state index contributed by atoms with van der Waals surface area (Å²) in [7, 11) is 0. The average molecular weight is 261 g/mol. The van der Waals surface area contributed by atoms with Gasteiger partial charge in [-0.15, -0.1) is 11.3 Å². The van der Waals surface area contributed by atoms with Crippen molar-refractivity contribution in [3.8, 4) is 0 Å². The minimum atomic E-state index is -0.688. The van der Waals surface area contributed by atoms with Gasteiger partial charge >= 0.3 is 5.97 Å². The highest BCUT2D eigenvalue weighted by Gasteiger charge is 2.25. The van der Waals surface area contributed by atoms with Crippen molar-refractivity contribution in [3.63, 3.8) is 0 Å². The van der Waals surface area contributed by atoms with Gasteiger partial charge in [0.15, 0.2) is 4.47 Å². The molecular weight excluding hydrogens is 248 g/mol. The van der Waals surface area contributed by atoms with Crippen LogP contribution in [0.5, 0.6) is 0 Å². The largest absolute Gasteiger partial charge is 0.481 e. The molecule has 1 N–H and O–H groups in total. The first-order valence-electron chi connectivity index (χ1n) is 5.20. The first-order valence-corrected chi connectivity index (χ1v) is 6.40. The number of carbonyl (C=O) groups is 1. The molecule has 1 aliphatic heterocycles. The summed E-state index contributed by atoms with van der Waals surface area (Å²) in [4.78, 5) is 18.1. The SMILES string of the molecule is O=C(O)C1CCCN(Cc2cnc(Cl)s2)C1. The van der Waals surface area contributed by atoms with Crippen LogP contribution < -0.4 is 0 Å². The van der Waals surface area contributed by atoms with Crippen molar-refractivity contribution in [2.24, 2.45) is 5.92 Å². The Balaban J connectivity index is 1.92. The number of aromatic nitrogens is 1. The number of piperidine rings is 1. The maximum absolute atomic E-state index is 10.9. The number of rotatable bonds is 3. The van der Waals surface area contributed by atoms with Crippen LogP contribution in [-0.4, -0.2) is 34.0 Å². The predicted octanol–water partition coefficient (Wildman–Crippen LogP) is 2.09. The van der Waals surface area contributed by atoms with Crippen LogP contribution in [0.4, 0.5) is 0 Å². The highest BCUT2D eigenvalue weighted by Crippen LogP contribution is 2.23. The Morgan fingerprint density at radius 2 is 2.56 bits per heavy atom. The highest BCUT2D eigenvalue weighted by atomic mass is 35.5. The molecule has 1 unspecified atom stereocenters. The second-order valence-electron chi connectivity index (χ2n) is 3.99. The summed E-state index contributed by atoms with van der Waals surface area (Å²) in [6, 6.07) is 0. The summed E-state index contributed by atoms with van der Waals surface area (Å²) in [6.07, 6.45) is 3.50. The fourth-order valence-electron chi connectivity index (χ4n) is 1.98. The number of hydrogen-bond acceptors (Lipinski definition) is 4. The molecule has 0 saturated carbocycles. The number of halogens is 1. The van der Waals surface area contributed by atoms with Gasteiger partial charge in [0.05, 0.1) is 5.92 Å². The van der Waals surface area contributed by atoms with Crippen molar-refractivity contribution in [2.45, 2.75) is 19.4 Å². The predicted molar refractivity (Wildman–Crippen MR) is 62.8 cm³/mol. The molecule has 0 spiro atoms. The van der Waals surface area contributed by atoms with E-state index in [1.54, 1.807) is 6.20 Å². The Kier molecular flexibility index (Phi) is 3.78. The molecule has 4 nitrogen and oxygen atoms in total. The number of likely N-dealkylation sites (tertiary alicyclic amines) is 1. The second-order valence-corrected chi connectivity index (χ2v) is 5.69. The van der Waals surface area contributed by atoms with Crippen LogP contribution in [0, 0.1) is 5.92 Å². The lowest BCUT2D eigenvalue weighted by molar-refractivity contribution is -0.143. The van der Waals surface area contributed by atoms with E-state index < -0.39 is 5.97 Å². The zero-order valence-electron chi connectivity index (χ0n) is 8.73. The Morgan fingerprint density at radius 3 is 3.19 bits per heavy atom. The molecule has 0 aliphatic carbocycles. The first-order chi connectivity index (χ1) is 7.65. The maximum Gasteiger partial charge on any atom is 0.307 e. The molecule has 0 aromatic carbocycles. The average Bonchev–Trinajstić information content (AvgIpc) is 2.64. The first kappa shape index (κ1) is 11.8. The second kappa shape index (κ2) is 5.12. The van der Waals surface area contributed by atoms with E-state index in [9.17, 15) is 4.79 Å². The van der Waals surface area contributed by atoms with Crippen LogP contribution in [0.1, 0.15) is 17.7 Å². The number of thiazole rings is 1. The fraction of sp³-hybridized carbons (Fsp3) is 0.600. The molecule has 6 heteroatoms. The lowest BCUT2D eigenvalue weighted by Gasteiger charge is -2.29. The van der Waals surface area contributed by atoms with E-state index in [-0.39, 0.29) is 5.92 Å². The summed E-state index contributed by atoms with van der Waals surface area (Å²) < 4.78 is 0.543. The number of hydrogen-bond donors (Lipinski definition) is 1. The summed E-state index contributed by atoms with van der Waals surface area (Å²) >= 11 is 7.21. The third-order valence-corrected chi connectivity index (χ3v) is 3.86. The molecule has 1 aliphatic rings. The molecule has 2 heterocycles. The van der Waals surface area contributed by atoms with Gasteiger partial charge in [-0.05, 0) is 19.4 Å². The standard InChI is InChI=1S/C10H13ClN2O2S/c11-10-12-4-8(16-10)6-13-3-1-2-7(5-13)9(14)15/h4,7H,1-3,5-6H2,(H,14,15). The highest BCUT2D eigenvalue weighted by molar-refractivity contribution is 7.15. The molecule has 1 atom stereocenters. The van der Waals surface area contributed by atoms with Gasteiger partial charge in [-0.25, -0.2) is 4.98 Å². The third-order valence-electron chi connectivity index (χ3n) is 2.76. The van der Waals surface area contributed by atoms with Crippen LogP contribution in [-0.2, 0) is 11.3 Å². The molecule has 0 bridgehead atoms. The zero-order chi connectivity index (χ0) is 11.5. The van der Waals surface area contributed by atoms with Gasteiger partial charge in [-0.3, -0.25) is 9.69 Å². The Morgan fingerprint density at radius 1 is 1.75 bits per heavy atom. The minimum Gasteiger partial charge on any atom is -0.481 e. The molecule has 16 heavy (non-hydrogen) atoms. The Bertz CT molecular complexity index is 383. The van der Waals surface area contributed by atoms with Crippen LogP contribution >= 0.6 is 22.9 Å². The lowest BCUT2D eigenvalue weighted by atomic mass is 9.98. The van der Waals surface area contributed by atoms with Crippen molar-refractivity contribution < 1.29 is 9.90 Å². The van der Waals surface area contributed by atoms with E-state index in [4.69, 9.17) is 16.7 Å². The van der Waals surface area contributed by atoms with Crippen molar-refractivity contribution in [2.75, 3.05) is 13.1 Å². The van der Waals surface area contributed by atoms with Gasteiger partial charge in [0.2, 0.25) is 0 Å². The van der Waals surface area contributed by atoms with E-state index in [0.29, 0.717) is 11.0 Å². The van der Waals surface area contributed by atoms with Gasteiger partial charge in [-0.1, -0.05) is 11.6 Å². The summed E-state index contributed by atoms with van der Waals surface area (Å²) in [5, 5.41) is 8.97. The number of carboxylic acid groups (broad SMARTS) is 1. The van der Waals surface area contributed by atoms with Crippen LogP contribution in [0.15, 0.2) is 6.20 Å². The summed E-state index contributed by atoms with van der Waals surface area (Å²) in [5.74, 6) is -0.913. The molecule has 1 saturated heterocycles. The molecule has 88 valence electrons. The number of carboxylic acids is 1. The quantitative estimate of drug-likeness (QED) is 0.904. The van der Waals surface area contributed by atoms with Crippen molar-refractivity contribution in [1.82, 2.24) is 9.88 Å². The van der Waals surface area contributed by atoms with E-state index in [0.717, 1.165) is 30.8 Å². The Labute approximate surface area is 103 Å². The zero-order valence-corrected chi connectivity index (χ0v) is 10.3. The molecule has 1 aromatic rings. The molecule has 1 aromatic heterocycles. The molecule has 0 amide bonds. The van der Waals surface area contributed by atoms with Gasteiger partial charge in [0.1, 0.15) is 0 Å². The monoisotopic (exact) mass is 260 g/mol. The third kappa shape index (κ3) is 2.93. The van der Waals surface area contributed by atoms with Gasteiger partial charge in [-0.2, -0.15) is 0 Å². The van der Waals surface area contributed by atoms with Crippen molar-refractivity contribution in [3.05, 3.63) is 15.5 Å². The molecular formula is C10H13ClN2O2S. The fourth-order valence-corrected chi connectivity index (χ4v) is 3.00. The van der Waals surface area contributed by atoms with Gasteiger partial charge in [0.25, 0.3) is 0 Å². The molecule has 1 fully saturated rings. The molecule has 2 rings (SSSR count). The molecule has 0 radical (unpaired) electrons. The minimum absolute atomic E-state index is 0.225. The van der Waals surface area contributed by atoms with Gasteiger partial charge in [0, 0.05) is 24.2 Å². The van der Waals surface area contributed by atoms with E-state index in [2.05, 4.69) is 9.88 Å². The van der Waals surface area contributed by atoms with Crippen LogP contribution in [0.25, 0.3) is 0 Å². The van der Waals surface area contributed by atoms with Crippen molar-refractivity contribution in [1.29, 1.82) is 0 Å². The van der Waals surface area contributed by atoms with Crippen molar-refractivity contribution >= 4 is 28.9 Å².